The number of carbonyl (C=O) groups is 1. The zero-order valence-corrected chi connectivity index (χ0v) is 12.3. The van der Waals surface area contributed by atoms with Crippen LogP contribution in [0.2, 0.25) is 0 Å². The number of Topliss-reactive ketones (excluding diaryl/α,β-unsaturated/α-hetero) is 1. The second kappa shape index (κ2) is 6.31. The van der Waals surface area contributed by atoms with Crippen molar-refractivity contribution in [2.75, 3.05) is 40.8 Å². The third-order valence-corrected chi connectivity index (χ3v) is 3.76. The number of hydrogen-bond acceptors (Lipinski definition) is 3. The Morgan fingerprint density at radius 1 is 1.11 bits per heavy atom. The highest BCUT2D eigenvalue weighted by molar-refractivity contribution is 5.97. The third kappa shape index (κ3) is 3.88. The molecule has 0 aliphatic heterocycles. The molecule has 3 nitrogen and oxygen atoms in total. The summed E-state index contributed by atoms with van der Waals surface area (Å²) in [5.41, 5.74) is 3.68. The van der Waals surface area contributed by atoms with Gasteiger partial charge in [-0.25, -0.2) is 0 Å². The molecule has 1 aromatic carbocycles. The van der Waals surface area contributed by atoms with Crippen LogP contribution in [0.25, 0.3) is 0 Å². The van der Waals surface area contributed by atoms with Gasteiger partial charge >= 0.3 is 0 Å². The number of benzene rings is 1. The van der Waals surface area contributed by atoms with E-state index >= 15 is 0 Å². The van der Waals surface area contributed by atoms with Gasteiger partial charge in [0, 0.05) is 18.7 Å². The molecule has 19 heavy (non-hydrogen) atoms. The van der Waals surface area contributed by atoms with E-state index < -0.39 is 0 Å². The van der Waals surface area contributed by atoms with Gasteiger partial charge in [0.15, 0.2) is 5.78 Å². The van der Waals surface area contributed by atoms with Crippen LogP contribution >= 0.6 is 0 Å². The lowest BCUT2D eigenvalue weighted by molar-refractivity contribution is 0.0942. The van der Waals surface area contributed by atoms with Crippen molar-refractivity contribution in [1.82, 2.24) is 9.80 Å². The van der Waals surface area contributed by atoms with Crippen LogP contribution < -0.4 is 0 Å². The molecule has 0 bridgehead atoms. The number of fused-ring (bicyclic) bond motifs is 1. The first kappa shape index (κ1) is 14.2. The van der Waals surface area contributed by atoms with Gasteiger partial charge in [0.2, 0.25) is 0 Å². The number of ketones is 1. The Labute approximate surface area is 116 Å². The first-order chi connectivity index (χ1) is 9.06. The van der Waals surface area contributed by atoms with Gasteiger partial charge in [0.05, 0.1) is 6.54 Å². The number of carbonyl (C=O) groups excluding carboxylic acids is 1. The van der Waals surface area contributed by atoms with Crippen LogP contribution in [0.15, 0.2) is 18.2 Å². The number of likely N-dealkylation sites (N-methyl/N-ethyl adjacent to an activating group) is 2. The normalized spacial score (nSPS) is 14.2. The highest BCUT2D eigenvalue weighted by Gasteiger charge is 2.15. The molecule has 1 aliphatic rings. The minimum atomic E-state index is 0.232. The van der Waals surface area contributed by atoms with Gasteiger partial charge in [0.25, 0.3) is 0 Å². The molecule has 0 atom stereocenters. The SMILES string of the molecule is CN(C)CCN(C)CC(=O)c1ccc2c(c1)CCC2. The van der Waals surface area contributed by atoms with Crippen LogP contribution in [-0.2, 0) is 12.8 Å². The zero-order valence-electron chi connectivity index (χ0n) is 12.3. The molecule has 0 unspecified atom stereocenters. The summed E-state index contributed by atoms with van der Waals surface area (Å²) in [5.74, 6) is 0.232. The van der Waals surface area contributed by atoms with Crippen molar-refractivity contribution in [1.29, 1.82) is 0 Å². The highest BCUT2D eigenvalue weighted by Crippen LogP contribution is 2.23. The summed E-state index contributed by atoms with van der Waals surface area (Å²) in [5, 5.41) is 0. The molecule has 0 aromatic heterocycles. The lowest BCUT2D eigenvalue weighted by Gasteiger charge is -2.18. The number of rotatable bonds is 6. The molecule has 1 aromatic rings. The minimum Gasteiger partial charge on any atom is -0.308 e. The van der Waals surface area contributed by atoms with Crippen LogP contribution in [0.5, 0.6) is 0 Å². The van der Waals surface area contributed by atoms with Gasteiger partial charge in [0.1, 0.15) is 0 Å². The first-order valence-corrected chi connectivity index (χ1v) is 7.04. The standard InChI is InChI=1S/C16H24N2O/c1-17(2)9-10-18(3)12-16(19)15-8-7-13-5-4-6-14(13)11-15/h7-8,11H,4-6,9-10,12H2,1-3H3. The maximum absolute atomic E-state index is 12.2. The Morgan fingerprint density at radius 3 is 2.58 bits per heavy atom. The molecular weight excluding hydrogens is 236 g/mol. The summed E-state index contributed by atoms with van der Waals surface area (Å²) in [4.78, 5) is 16.5. The van der Waals surface area contributed by atoms with E-state index in [1.165, 1.54) is 24.0 Å². The predicted molar refractivity (Wildman–Crippen MR) is 78.8 cm³/mol. The molecule has 0 saturated carbocycles. The second-order valence-electron chi connectivity index (χ2n) is 5.80. The van der Waals surface area contributed by atoms with Crippen LogP contribution in [0, 0.1) is 0 Å². The van der Waals surface area contributed by atoms with Gasteiger partial charge in [-0.2, -0.15) is 0 Å². The van der Waals surface area contributed by atoms with E-state index in [0.29, 0.717) is 6.54 Å². The van der Waals surface area contributed by atoms with Crippen LogP contribution in [0.3, 0.4) is 0 Å². The van der Waals surface area contributed by atoms with Crippen molar-refractivity contribution >= 4 is 5.78 Å². The quantitative estimate of drug-likeness (QED) is 0.729. The fourth-order valence-corrected chi connectivity index (χ4v) is 2.53. The third-order valence-electron chi connectivity index (χ3n) is 3.76. The average Bonchev–Trinajstić information content (AvgIpc) is 2.83. The molecule has 0 spiro atoms. The molecule has 0 fully saturated rings. The summed E-state index contributed by atoms with van der Waals surface area (Å²) in [6.07, 6.45) is 3.54. The van der Waals surface area contributed by atoms with Crippen molar-refractivity contribution in [3.05, 3.63) is 34.9 Å². The molecule has 0 heterocycles. The fraction of sp³-hybridized carbons (Fsp3) is 0.562. The van der Waals surface area contributed by atoms with E-state index in [1.807, 2.05) is 13.1 Å². The van der Waals surface area contributed by atoms with Gasteiger partial charge in [-0.3, -0.25) is 9.69 Å². The van der Waals surface area contributed by atoms with Crippen molar-refractivity contribution in [3.63, 3.8) is 0 Å². The van der Waals surface area contributed by atoms with E-state index in [4.69, 9.17) is 0 Å². The van der Waals surface area contributed by atoms with E-state index in [9.17, 15) is 4.79 Å². The van der Waals surface area contributed by atoms with Crippen LogP contribution in [0.1, 0.15) is 27.9 Å². The topological polar surface area (TPSA) is 23.6 Å². The zero-order chi connectivity index (χ0) is 13.8. The fourth-order valence-electron chi connectivity index (χ4n) is 2.53. The average molecular weight is 260 g/mol. The molecule has 0 saturated heterocycles. The van der Waals surface area contributed by atoms with E-state index in [-0.39, 0.29) is 5.78 Å². The number of nitrogens with zero attached hydrogens (tertiary/aromatic N) is 2. The van der Waals surface area contributed by atoms with Crippen LogP contribution in [-0.4, -0.2) is 56.4 Å². The van der Waals surface area contributed by atoms with E-state index in [2.05, 4.69) is 36.0 Å². The summed E-state index contributed by atoms with van der Waals surface area (Å²) in [6.45, 7) is 2.41. The minimum absolute atomic E-state index is 0.232. The van der Waals surface area contributed by atoms with Crippen molar-refractivity contribution in [2.24, 2.45) is 0 Å². The molecule has 0 N–H and O–H groups in total. The predicted octanol–water partition coefficient (Wildman–Crippen LogP) is 1.85. The Morgan fingerprint density at radius 2 is 1.84 bits per heavy atom. The van der Waals surface area contributed by atoms with Gasteiger partial charge < -0.3 is 4.90 Å². The van der Waals surface area contributed by atoms with Gasteiger partial charge in [-0.15, -0.1) is 0 Å². The van der Waals surface area contributed by atoms with Gasteiger partial charge in [-0.1, -0.05) is 12.1 Å². The molecular formula is C16H24N2O. The smallest absolute Gasteiger partial charge is 0.176 e. The second-order valence-corrected chi connectivity index (χ2v) is 5.80. The Kier molecular flexibility index (Phi) is 4.72. The maximum atomic E-state index is 12.2. The summed E-state index contributed by atoms with van der Waals surface area (Å²) in [7, 11) is 6.11. The number of aryl methyl sites for hydroxylation is 2. The van der Waals surface area contributed by atoms with Gasteiger partial charge in [-0.05, 0) is 57.6 Å². The highest BCUT2D eigenvalue weighted by atomic mass is 16.1. The molecule has 1 aliphatic carbocycles. The Bertz CT molecular complexity index is 454. The number of hydrogen-bond donors (Lipinski definition) is 0. The van der Waals surface area contributed by atoms with E-state index in [1.54, 1.807) is 0 Å². The Hall–Kier alpha value is -1.19. The summed E-state index contributed by atoms with van der Waals surface area (Å²) >= 11 is 0. The summed E-state index contributed by atoms with van der Waals surface area (Å²) in [6, 6.07) is 6.23. The van der Waals surface area contributed by atoms with Crippen molar-refractivity contribution < 1.29 is 4.79 Å². The molecule has 0 amide bonds. The first-order valence-electron chi connectivity index (χ1n) is 7.04. The summed E-state index contributed by atoms with van der Waals surface area (Å²) < 4.78 is 0. The lowest BCUT2D eigenvalue weighted by Crippen LogP contribution is -2.32. The molecule has 104 valence electrons. The maximum Gasteiger partial charge on any atom is 0.176 e. The van der Waals surface area contributed by atoms with E-state index in [0.717, 1.165) is 25.1 Å². The lowest BCUT2D eigenvalue weighted by atomic mass is 10.0. The van der Waals surface area contributed by atoms with Crippen LogP contribution in [0.4, 0.5) is 0 Å². The van der Waals surface area contributed by atoms with Crippen molar-refractivity contribution in [3.8, 4) is 0 Å². The largest absolute Gasteiger partial charge is 0.308 e. The monoisotopic (exact) mass is 260 g/mol. The Balaban J connectivity index is 1.92. The van der Waals surface area contributed by atoms with Crippen molar-refractivity contribution in [2.45, 2.75) is 19.3 Å². The molecule has 3 heteroatoms. The molecule has 2 rings (SSSR count). The molecule has 0 radical (unpaired) electrons.